The van der Waals surface area contributed by atoms with Crippen molar-refractivity contribution < 1.29 is 23.9 Å². The number of halogens is 1. The van der Waals surface area contributed by atoms with Crippen molar-refractivity contribution in [1.29, 1.82) is 0 Å². The van der Waals surface area contributed by atoms with Crippen molar-refractivity contribution in [2.75, 3.05) is 50.5 Å². The molecule has 2 aromatic heterocycles. The Bertz CT molecular complexity index is 1910. The number of carbonyl (C=O) groups excluding carboxylic acids is 4. The van der Waals surface area contributed by atoms with E-state index in [0.717, 1.165) is 48.2 Å². The lowest BCUT2D eigenvalue weighted by molar-refractivity contribution is -0.147. The monoisotopic (exact) mass is 754 g/mol. The van der Waals surface area contributed by atoms with Gasteiger partial charge in [0.2, 0.25) is 5.91 Å². The molecule has 4 aromatic rings. The van der Waals surface area contributed by atoms with Gasteiger partial charge in [-0.2, -0.15) is 0 Å². The zero-order valence-electron chi connectivity index (χ0n) is 30.6. The van der Waals surface area contributed by atoms with E-state index in [2.05, 4.69) is 36.1 Å². The number of aromatic nitrogens is 2. The zero-order valence-corrected chi connectivity index (χ0v) is 31.4. The first-order chi connectivity index (χ1) is 26.2. The van der Waals surface area contributed by atoms with Gasteiger partial charge in [0.15, 0.2) is 0 Å². The summed E-state index contributed by atoms with van der Waals surface area (Å²) in [4.78, 5) is 60.9. The van der Waals surface area contributed by atoms with Crippen LogP contribution in [0.1, 0.15) is 63.4 Å². The van der Waals surface area contributed by atoms with E-state index in [4.69, 9.17) is 22.1 Å². The molecule has 1 aliphatic heterocycles. The molecule has 3 amide bonds. The normalized spacial score (nSPS) is 13.3. The molecule has 0 aliphatic carbocycles. The topological polar surface area (TPSA) is 181 Å². The second-order valence-corrected chi connectivity index (χ2v) is 13.5. The Morgan fingerprint density at radius 3 is 2.11 bits per heavy atom. The predicted octanol–water partition coefficient (Wildman–Crippen LogP) is 4.94. The summed E-state index contributed by atoms with van der Waals surface area (Å²) in [6.07, 6.45) is 5.95. The molecule has 3 heterocycles. The van der Waals surface area contributed by atoms with Gasteiger partial charge in [-0.15, -0.1) is 0 Å². The van der Waals surface area contributed by atoms with E-state index in [-0.39, 0.29) is 35.1 Å². The van der Waals surface area contributed by atoms with Crippen LogP contribution in [-0.4, -0.2) is 78.4 Å². The number of rotatable bonds is 16. The third-order valence-corrected chi connectivity index (χ3v) is 9.73. The van der Waals surface area contributed by atoms with Crippen molar-refractivity contribution >= 4 is 46.7 Å². The highest BCUT2D eigenvalue weighted by Gasteiger charge is 2.25. The van der Waals surface area contributed by atoms with Crippen molar-refractivity contribution in [2.24, 2.45) is 11.7 Å². The van der Waals surface area contributed by atoms with Crippen molar-refractivity contribution in [3.8, 4) is 11.1 Å². The summed E-state index contributed by atoms with van der Waals surface area (Å²) in [6.45, 7) is 6.28. The van der Waals surface area contributed by atoms with Crippen LogP contribution >= 0.6 is 11.6 Å². The molecule has 0 atom stereocenters. The van der Waals surface area contributed by atoms with Crippen molar-refractivity contribution in [3.05, 3.63) is 106 Å². The van der Waals surface area contributed by atoms with Crippen molar-refractivity contribution in [3.63, 3.8) is 0 Å². The average Bonchev–Trinajstić information content (AvgIpc) is 3.19. The number of carbonyl (C=O) groups is 4. The highest BCUT2D eigenvalue weighted by atomic mass is 35.5. The Balaban J connectivity index is 1.15. The molecule has 13 nitrogen and oxygen atoms in total. The van der Waals surface area contributed by atoms with Gasteiger partial charge >= 0.3 is 5.97 Å². The number of esters is 1. The van der Waals surface area contributed by atoms with Gasteiger partial charge in [-0.3, -0.25) is 34.0 Å². The van der Waals surface area contributed by atoms with Crippen molar-refractivity contribution in [2.45, 2.75) is 45.7 Å². The van der Waals surface area contributed by atoms with Gasteiger partial charge in [0.25, 0.3) is 11.8 Å². The zero-order chi connectivity index (χ0) is 38.5. The van der Waals surface area contributed by atoms with Gasteiger partial charge in [0.05, 0.1) is 23.7 Å². The SMILES string of the molecule is COC(=O)C1CCN(Cc2ccc(C(=O)Nc3cccc(-c4cccc(NC(=O)c5ccc(CNCCNC(=O)CCCN)cn5)c4C)c3Cl)nc2)CC1. The van der Waals surface area contributed by atoms with Gasteiger partial charge in [0, 0.05) is 56.2 Å². The van der Waals surface area contributed by atoms with Crippen LogP contribution in [0.2, 0.25) is 5.02 Å². The molecule has 6 N–H and O–H groups in total. The number of likely N-dealkylation sites (tertiary alicyclic amines) is 1. The first-order valence-electron chi connectivity index (χ1n) is 18.1. The summed E-state index contributed by atoms with van der Waals surface area (Å²) in [5.41, 5.74) is 11.1. The number of nitrogens with two attached hydrogens (primary N) is 1. The molecule has 1 fully saturated rings. The molecule has 5 rings (SSSR count). The molecule has 54 heavy (non-hydrogen) atoms. The van der Waals surface area contributed by atoms with E-state index in [1.165, 1.54) is 7.11 Å². The number of pyridine rings is 2. The Kier molecular flexibility index (Phi) is 14.6. The quantitative estimate of drug-likeness (QED) is 0.0777. The standard InChI is InChI=1S/C40H47ClN8O5/c1-26-30(6-3-8-32(26)47-38(51)34-13-11-27(23-45-34)22-43-18-19-44-36(50)10-5-17-42)31-7-4-9-33(37(31)41)48-39(52)35-14-12-28(24-46-35)25-49-20-15-29(16-21-49)40(53)54-2/h3-4,6-9,11-14,23-24,29,43H,5,10,15-22,25,42H2,1-2H3,(H,44,50)(H,47,51)(H,48,52). The minimum Gasteiger partial charge on any atom is -0.469 e. The third kappa shape index (κ3) is 10.9. The number of ether oxygens (including phenoxy) is 1. The van der Waals surface area contributed by atoms with E-state index in [0.29, 0.717) is 67.5 Å². The van der Waals surface area contributed by atoms with Crippen LogP contribution in [0.4, 0.5) is 11.4 Å². The minimum atomic E-state index is -0.394. The van der Waals surface area contributed by atoms with Gasteiger partial charge in [-0.25, -0.2) is 0 Å². The summed E-state index contributed by atoms with van der Waals surface area (Å²) in [5, 5.41) is 12.3. The summed E-state index contributed by atoms with van der Waals surface area (Å²) >= 11 is 6.88. The number of hydrogen-bond acceptors (Lipinski definition) is 10. The maximum Gasteiger partial charge on any atom is 0.308 e. The minimum absolute atomic E-state index is 0.0138. The smallest absolute Gasteiger partial charge is 0.308 e. The highest BCUT2D eigenvalue weighted by Crippen LogP contribution is 2.37. The van der Waals surface area contributed by atoms with E-state index in [9.17, 15) is 19.2 Å². The third-order valence-electron chi connectivity index (χ3n) is 9.32. The molecule has 14 heteroatoms. The molecular formula is C40H47ClN8O5. The molecule has 1 saturated heterocycles. The largest absolute Gasteiger partial charge is 0.469 e. The second-order valence-electron chi connectivity index (χ2n) is 13.1. The van der Waals surface area contributed by atoms with Crippen LogP contribution in [0.5, 0.6) is 0 Å². The fraction of sp³-hybridized carbons (Fsp3) is 0.350. The van der Waals surface area contributed by atoms with Crippen LogP contribution in [0.15, 0.2) is 73.1 Å². The van der Waals surface area contributed by atoms with Crippen LogP contribution in [-0.2, 0) is 27.4 Å². The van der Waals surface area contributed by atoms with Crippen LogP contribution in [0.25, 0.3) is 11.1 Å². The van der Waals surface area contributed by atoms with Crippen LogP contribution < -0.4 is 27.0 Å². The summed E-state index contributed by atoms with van der Waals surface area (Å²) in [5.74, 6) is -0.970. The Hall–Kier alpha value is -5.21. The van der Waals surface area contributed by atoms with Crippen LogP contribution in [0, 0.1) is 12.8 Å². The number of benzene rings is 2. The Morgan fingerprint density at radius 2 is 1.48 bits per heavy atom. The molecule has 284 valence electrons. The number of nitrogens with one attached hydrogen (secondary N) is 4. The van der Waals surface area contributed by atoms with E-state index in [1.54, 1.807) is 36.7 Å². The molecule has 0 unspecified atom stereocenters. The molecule has 0 bridgehead atoms. The van der Waals surface area contributed by atoms with E-state index >= 15 is 0 Å². The lowest BCUT2D eigenvalue weighted by atomic mass is 9.97. The number of anilines is 2. The van der Waals surface area contributed by atoms with E-state index in [1.807, 2.05) is 43.3 Å². The maximum atomic E-state index is 13.2. The first kappa shape index (κ1) is 40.0. The number of nitrogens with zero attached hydrogens (tertiary/aromatic N) is 3. The second kappa shape index (κ2) is 19.7. The van der Waals surface area contributed by atoms with E-state index < -0.39 is 5.91 Å². The van der Waals surface area contributed by atoms with Gasteiger partial charge in [-0.05, 0) is 92.3 Å². The molecule has 1 aliphatic rings. The van der Waals surface area contributed by atoms with Gasteiger partial charge < -0.3 is 31.7 Å². The number of hydrogen-bond donors (Lipinski definition) is 5. The maximum absolute atomic E-state index is 13.2. The summed E-state index contributed by atoms with van der Waals surface area (Å²) in [6, 6.07) is 18.0. The lowest BCUT2D eigenvalue weighted by Gasteiger charge is -2.30. The molecule has 0 spiro atoms. The number of methoxy groups -OCH3 is 1. The van der Waals surface area contributed by atoms with Gasteiger partial charge in [0.1, 0.15) is 11.4 Å². The predicted molar refractivity (Wildman–Crippen MR) is 209 cm³/mol. The fourth-order valence-corrected chi connectivity index (χ4v) is 6.49. The van der Waals surface area contributed by atoms with Crippen LogP contribution in [0.3, 0.4) is 0 Å². The average molecular weight is 755 g/mol. The highest BCUT2D eigenvalue weighted by molar-refractivity contribution is 6.36. The fourth-order valence-electron chi connectivity index (χ4n) is 6.21. The van der Waals surface area contributed by atoms with Gasteiger partial charge in [-0.1, -0.05) is 48.0 Å². The molecule has 2 aromatic carbocycles. The lowest BCUT2D eigenvalue weighted by Crippen LogP contribution is -2.36. The molecular weight excluding hydrogens is 708 g/mol. The number of amides is 3. The number of piperidine rings is 1. The Labute approximate surface area is 320 Å². The Morgan fingerprint density at radius 1 is 0.852 bits per heavy atom. The van der Waals surface area contributed by atoms with Crippen molar-refractivity contribution in [1.82, 2.24) is 25.5 Å². The summed E-state index contributed by atoms with van der Waals surface area (Å²) in [7, 11) is 1.42. The molecule has 0 saturated carbocycles. The first-order valence-corrected chi connectivity index (χ1v) is 18.4. The molecule has 0 radical (unpaired) electrons. The summed E-state index contributed by atoms with van der Waals surface area (Å²) < 4.78 is 4.88.